The first-order chi connectivity index (χ1) is 15.8. The SMILES string of the molecule is CC(C)c1cc(-c2cccc(F)c2)c(C#N)c(N2CC(C)N(C(=O)c3ccco3)C(C)C2)n1. The quantitative estimate of drug-likeness (QED) is 0.550. The summed E-state index contributed by atoms with van der Waals surface area (Å²) in [5, 5.41) is 10.1. The molecule has 1 saturated heterocycles. The molecule has 6 nitrogen and oxygen atoms in total. The number of nitrogens with zero attached hydrogens (tertiary/aromatic N) is 4. The number of furan rings is 1. The van der Waals surface area contributed by atoms with Gasteiger partial charge < -0.3 is 14.2 Å². The highest BCUT2D eigenvalue weighted by Gasteiger charge is 2.36. The van der Waals surface area contributed by atoms with Crippen LogP contribution in [0.4, 0.5) is 10.2 Å². The fraction of sp³-hybridized carbons (Fsp3) is 0.346. The predicted molar refractivity (Wildman–Crippen MR) is 124 cm³/mol. The molecule has 0 saturated carbocycles. The Hall–Kier alpha value is -3.66. The number of hydrogen-bond acceptors (Lipinski definition) is 5. The summed E-state index contributed by atoms with van der Waals surface area (Å²) >= 11 is 0. The number of halogens is 1. The van der Waals surface area contributed by atoms with Gasteiger partial charge in [0.2, 0.25) is 0 Å². The van der Waals surface area contributed by atoms with Crippen LogP contribution < -0.4 is 4.90 Å². The van der Waals surface area contributed by atoms with E-state index in [-0.39, 0.29) is 29.7 Å². The molecule has 2 aromatic heterocycles. The third-order valence-corrected chi connectivity index (χ3v) is 6.04. The molecule has 1 aliphatic rings. The molecule has 0 spiro atoms. The molecule has 3 heterocycles. The van der Waals surface area contributed by atoms with Crippen LogP contribution in [-0.4, -0.2) is 41.0 Å². The van der Waals surface area contributed by atoms with E-state index in [1.807, 2.05) is 38.7 Å². The Morgan fingerprint density at radius 2 is 1.91 bits per heavy atom. The van der Waals surface area contributed by atoms with Crippen LogP contribution in [0, 0.1) is 17.1 Å². The molecule has 1 aromatic carbocycles. The molecule has 1 amide bonds. The standard InChI is InChI=1S/C26H27FN4O2/c1-16(2)23-12-21(19-7-5-8-20(27)11-19)22(13-28)25(29-23)30-14-17(3)31(18(4)15-30)26(32)24-9-6-10-33-24/h5-12,16-18H,14-15H2,1-4H3. The number of carbonyl (C=O) groups excluding carboxylic acids is 1. The zero-order chi connectivity index (χ0) is 23.7. The molecular weight excluding hydrogens is 419 g/mol. The minimum Gasteiger partial charge on any atom is -0.459 e. The van der Waals surface area contributed by atoms with E-state index < -0.39 is 0 Å². The lowest BCUT2D eigenvalue weighted by Gasteiger charge is -2.45. The first-order valence-electron chi connectivity index (χ1n) is 11.1. The van der Waals surface area contributed by atoms with E-state index in [2.05, 4.69) is 11.0 Å². The van der Waals surface area contributed by atoms with Crippen LogP contribution in [0.25, 0.3) is 11.1 Å². The molecule has 1 aliphatic heterocycles. The molecule has 170 valence electrons. The molecule has 7 heteroatoms. The zero-order valence-corrected chi connectivity index (χ0v) is 19.2. The largest absolute Gasteiger partial charge is 0.459 e. The van der Waals surface area contributed by atoms with Gasteiger partial charge in [0.1, 0.15) is 23.3 Å². The van der Waals surface area contributed by atoms with Crippen LogP contribution in [0.1, 0.15) is 55.4 Å². The van der Waals surface area contributed by atoms with E-state index in [9.17, 15) is 14.4 Å². The van der Waals surface area contributed by atoms with Gasteiger partial charge in [-0.25, -0.2) is 9.37 Å². The van der Waals surface area contributed by atoms with Crippen LogP contribution in [0.3, 0.4) is 0 Å². The highest BCUT2D eigenvalue weighted by atomic mass is 19.1. The fourth-order valence-corrected chi connectivity index (χ4v) is 4.49. The van der Waals surface area contributed by atoms with Crippen molar-refractivity contribution in [3.05, 3.63) is 71.6 Å². The van der Waals surface area contributed by atoms with Crippen LogP contribution >= 0.6 is 0 Å². The first kappa shape index (κ1) is 22.5. The second-order valence-corrected chi connectivity index (χ2v) is 8.86. The summed E-state index contributed by atoms with van der Waals surface area (Å²) in [7, 11) is 0. The van der Waals surface area contributed by atoms with Crippen LogP contribution in [-0.2, 0) is 0 Å². The van der Waals surface area contributed by atoms with Crippen LogP contribution in [0.2, 0.25) is 0 Å². The minimum atomic E-state index is -0.354. The Morgan fingerprint density at radius 3 is 2.48 bits per heavy atom. The topological polar surface area (TPSA) is 73.4 Å². The summed E-state index contributed by atoms with van der Waals surface area (Å²) in [6.45, 7) is 9.08. The monoisotopic (exact) mass is 446 g/mol. The van der Waals surface area contributed by atoms with E-state index in [1.165, 1.54) is 18.4 Å². The number of benzene rings is 1. The van der Waals surface area contributed by atoms with Crippen LogP contribution in [0.5, 0.6) is 0 Å². The number of nitriles is 1. The lowest BCUT2D eigenvalue weighted by atomic mass is 9.96. The number of aromatic nitrogens is 1. The second kappa shape index (κ2) is 9.07. The molecule has 2 unspecified atom stereocenters. The van der Waals surface area contributed by atoms with Crippen molar-refractivity contribution >= 4 is 11.7 Å². The van der Waals surface area contributed by atoms with Crippen LogP contribution in [0.15, 0.2) is 53.1 Å². The number of carbonyl (C=O) groups is 1. The van der Waals surface area contributed by atoms with Gasteiger partial charge in [-0.3, -0.25) is 4.79 Å². The maximum Gasteiger partial charge on any atom is 0.290 e. The van der Waals surface area contributed by atoms with Gasteiger partial charge in [0.25, 0.3) is 5.91 Å². The van der Waals surface area contributed by atoms with Gasteiger partial charge in [0.05, 0.1) is 6.26 Å². The Kier molecular flexibility index (Phi) is 6.19. The van der Waals surface area contributed by atoms with Crippen molar-refractivity contribution in [2.24, 2.45) is 0 Å². The number of hydrogen-bond donors (Lipinski definition) is 0. The number of pyridine rings is 1. The minimum absolute atomic E-state index is 0.125. The predicted octanol–water partition coefficient (Wildman–Crippen LogP) is 5.22. The molecule has 0 aliphatic carbocycles. The Balaban J connectivity index is 1.74. The van der Waals surface area contributed by atoms with Gasteiger partial charge >= 0.3 is 0 Å². The summed E-state index contributed by atoms with van der Waals surface area (Å²) in [5.41, 5.74) is 2.55. The molecule has 0 radical (unpaired) electrons. The maximum absolute atomic E-state index is 14.0. The summed E-state index contributed by atoms with van der Waals surface area (Å²) < 4.78 is 19.3. The van der Waals surface area contributed by atoms with E-state index in [1.54, 1.807) is 24.3 Å². The average Bonchev–Trinajstić information content (AvgIpc) is 3.32. The van der Waals surface area contributed by atoms with Gasteiger partial charge in [0.15, 0.2) is 5.76 Å². The fourth-order valence-electron chi connectivity index (χ4n) is 4.49. The molecule has 4 rings (SSSR count). The zero-order valence-electron chi connectivity index (χ0n) is 19.2. The normalized spacial score (nSPS) is 18.5. The second-order valence-electron chi connectivity index (χ2n) is 8.86. The molecule has 3 aromatic rings. The summed E-state index contributed by atoms with van der Waals surface area (Å²) in [5.74, 6) is 0.512. The van der Waals surface area contributed by atoms with E-state index >= 15 is 0 Å². The van der Waals surface area contributed by atoms with Crippen molar-refractivity contribution < 1.29 is 13.6 Å². The van der Waals surface area contributed by atoms with E-state index in [0.717, 1.165) is 5.69 Å². The molecule has 33 heavy (non-hydrogen) atoms. The Bertz CT molecular complexity index is 1190. The highest BCUT2D eigenvalue weighted by molar-refractivity contribution is 5.92. The Morgan fingerprint density at radius 1 is 1.18 bits per heavy atom. The number of amides is 1. The van der Waals surface area contributed by atoms with Crippen molar-refractivity contribution in [2.75, 3.05) is 18.0 Å². The third kappa shape index (κ3) is 4.34. The summed E-state index contributed by atoms with van der Waals surface area (Å²) in [6, 6.07) is 13.6. The average molecular weight is 447 g/mol. The van der Waals surface area contributed by atoms with Gasteiger partial charge in [-0.1, -0.05) is 26.0 Å². The molecule has 0 N–H and O–H groups in total. The summed E-state index contributed by atoms with van der Waals surface area (Å²) in [6.07, 6.45) is 1.49. The Labute approximate surface area is 193 Å². The van der Waals surface area contributed by atoms with E-state index in [4.69, 9.17) is 9.40 Å². The maximum atomic E-state index is 14.0. The van der Waals surface area contributed by atoms with Crippen molar-refractivity contribution in [1.82, 2.24) is 9.88 Å². The summed E-state index contributed by atoms with van der Waals surface area (Å²) in [4.78, 5) is 21.7. The molecule has 0 bridgehead atoms. The molecular formula is C26H27FN4O2. The lowest BCUT2D eigenvalue weighted by molar-refractivity contribution is 0.0541. The molecule has 2 atom stereocenters. The smallest absolute Gasteiger partial charge is 0.290 e. The van der Waals surface area contributed by atoms with E-state index in [0.29, 0.717) is 41.4 Å². The van der Waals surface area contributed by atoms with Gasteiger partial charge in [-0.2, -0.15) is 5.26 Å². The number of rotatable bonds is 4. The third-order valence-electron chi connectivity index (χ3n) is 6.04. The van der Waals surface area contributed by atoms with Crippen molar-refractivity contribution in [3.8, 4) is 17.2 Å². The number of piperazine rings is 1. The van der Waals surface area contributed by atoms with Crippen molar-refractivity contribution in [3.63, 3.8) is 0 Å². The van der Waals surface area contributed by atoms with Gasteiger partial charge in [-0.15, -0.1) is 0 Å². The lowest BCUT2D eigenvalue weighted by Crippen LogP contribution is -2.59. The van der Waals surface area contributed by atoms with Crippen molar-refractivity contribution in [1.29, 1.82) is 5.26 Å². The van der Waals surface area contributed by atoms with Gasteiger partial charge in [0, 0.05) is 36.4 Å². The molecule has 1 fully saturated rings. The van der Waals surface area contributed by atoms with Crippen molar-refractivity contribution in [2.45, 2.75) is 45.7 Å². The van der Waals surface area contributed by atoms with Gasteiger partial charge in [-0.05, 0) is 55.7 Å². The first-order valence-corrected chi connectivity index (χ1v) is 11.1. The highest BCUT2D eigenvalue weighted by Crippen LogP contribution is 2.34. The number of anilines is 1.